The van der Waals surface area contributed by atoms with Crippen LogP contribution in [0.3, 0.4) is 0 Å². The molecule has 0 bridgehead atoms. The Balaban J connectivity index is 1.92. The van der Waals surface area contributed by atoms with E-state index in [9.17, 15) is 9.59 Å². The first-order chi connectivity index (χ1) is 6.75. The molecule has 74 valence electrons. The maximum absolute atomic E-state index is 11.4. The predicted molar refractivity (Wildman–Crippen MR) is 43.7 cm³/mol. The lowest BCUT2D eigenvalue weighted by Gasteiger charge is -2.02. The van der Waals surface area contributed by atoms with Crippen molar-refractivity contribution < 1.29 is 18.8 Å². The third-order valence-corrected chi connectivity index (χ3v) is 1.89. The number of cyclic esters (lactones) is 1. The minimum absolute atomic E-state index is 0.172. The summed E-state index contributed by atoms with van der Waals surface area (Å²) < 4.78 is 9.17. The number of Topliss-reactive ketones (excluding diaryl/α,β-unsaturated/α-hetero) is 1. The topological polar surface area (TPSA) is 81.4 Å². The molecular formula is C8H8N2O4. The molecule has 14 heavy (non-hydrogen) atoms. The Morgan fingerprint density at radius 2 is 2.57 bits per heavy atom. The van der Waals surface area contributed by atoms with Crippen LogP contribution in [-0.4, -0.2) is 29.7 Å². The second kappa shape index (κ2) is 3.49. The first-order valence-corrected chi connectivity index (χ1v) is 4.12. The van der Waals surface area contributed by atoms with E-state index in [2.05, 4.69) is 19.7 Å². The number of carbonyl (C=O) groups excluding carboxylic acids is 2. The summed E-state index contributed by atoms with van der Waals surface area (Å²) in [5.74, 6) is -0.172. The Morgan fingerprint density at radius 3 is 3.14 bits per heavy atom. The van der Waals surface area contributed by atoms with Crippen molar-refractivity contribution in [2.24, 2.45) is 0 Å². The smallest absolute Gasteiger partial charge is 0.407 e. The number of nitrogens with zero attached hydrogens (tertiary/aromatic N) is 1. The van der Waals surface area contributed by atoms with Crippen LogP contribution in [0, 0.1) is 0 Å². The monoisotopic (exact) mass is 196 g/mol. The maximum atomic E-state index is 11.4. The summed E-state index contributed by atoms with van der Waals surface area (Å²) in [6.45, 7) is 0.225. The Morgan fingerprint density at radius 1 is 1.71 bits per heavy atom. The van der Waals surface area contributed by atoms with Gasteiger partial charge in [-0.2, -0.15) is 0 Å². The second-order valence-electron chi connectivity index (χ2n) is 2.95. The van der Waals surface area contributed by atoms with Gasteiger partial charge in [0.1, 0.15) is 18.6 Å². The number of ketones is 1. The van der Waals surface area contributed by atoms with Gasteiger partial charge < -0.3 is 14.6 Å². The van der Waals surface area contributed by atoms with Gasteiger partial charge in [0.25, 0.3) is 0 Å². The van der Waals surface area contributed by atoms with E-state index in [0.29, 0.717) is 0 Å². The fourth-order valence-electron chi connectivity index (χ4n) is 1.22. The number of alkyl carbamates (subject to hydrolysis) is 1. The molecule has 0 aromatic carbocycles. The summed E-state index contributed by atoms with van der Waals surface area (Å²) >= 11 is 0. The standard InChI is InChI=1S/C8H8N2O4/c11-7(6-1-2-14-10-6)3-5-4-13-8(12)9-5/h1-2,5H,3-4H2,(H,9,12)/t5-/m0/s1. The van der Waals surface area contributed by atoms with Gasteiger partial charge in [0.15, 0.2) is 5.78 Å². The minimum atomic E-state index is -0.483. The zero-order chi connectivity index (χ0) is 9.97. The Kier molecular flexibility index (Phi) is 2.18. The highest BCUT2D eigenvalue weighted by molar-refractivity contribution is 5.94. The quantitative estimate of drug-likeness (QED) is 0.705. The molecular weight excluding hydrogens is 188 g/mol. The van der Waals surface area contributed by atoms with Crippen LogP contribution in [-0.2, 0) is 4.74 Å². The molecule has 1 amide bonds. The van der Waals surface area contributed by atoms with Crippen molar-refractivity contribution in [2.75, 3.05) is 6.61 Å². The van der Waals surface area contributed by atoms with Crippen LogP contribution in [0.2, 0.25) is 0 Å². The summed E-state index contributed by atoms with van der Waals surface area (Å²) in [7, 11) is 0. The van der Waals surface area contributed by atoms with Crippen molar-refractivity contribution in [3.8, 4) is 0 Å². The van der Waals surface area contributed by atoms with Gasteiger partial charge in [-0.3, -0.25) is 4.79 Å². The van der Waals surface area contributed by atoms with Crippen LogP contribution in [0.25, 0.3) is 0 Å². The summed E-state index contributed by atoms with van der Waals surface area (Å²) in [5.41, 5.74) is 0.270. The molecule has 0 saturated carbocycles. The number of carbonyl (C=O) groups is 2. The lowest BCUT2D eigenvalue weighted by molar-refractivity contribution is 0.0959. The first-order valence-electron chi connectivity index (χ1n) is 4.12. The van der Waals surface area contributed by atoms with Gasteiger partial charge in [0.05, 0.1) is 6.04 Å². The number of hydrogen-bond donors (Lipinski definition) is 1. The number of ether oxygens (including phenoxy) is 1. The average Bonchev–Trinajstić information content (AvgIpc) is 2.75. The molecule has 1 fully saturated rings. The van der Waals surface area contributed by atoms with Gasteiger partial charge in [0, 0.05) is 12.5 Å². The molecule has 1 aromatic rings. The third kappa shape index (κ3) is 1.73. The summed E-state index contributed by atoms with van der Waals surface area (Å²) in [5, 5.41) is 6.01. The number of nitrogens with one attached hydrogen (secondary N) is 1. The van der Waals surface area contributed by atoms with Gasteiger partial charge in [0.2, 0.25) is 0 Å². The molecule has 6 nitrogen and oxygen atoms in total. The number of hydrogen-bond acceptors (Lipinski definition) is 5. The van der Waals surface area contributed by atoms with Crippen LogP contribution in [0.15, 0.2) is 16.9 Å². The number of amides is 1. The Bertz CT molecular complexity index is 346. The van der Waals surface area contributed by atoms with Crippen LogP contribution < -0.4 is 5.32 Å². The predicted octanol–water partition coefficient (Wildman–Crippen LogP) is 0.356. The molecule has 6 heteroatoms. The van der Waals surface area contributed by atoms with Gasteiger partial charge >= 0.3 is 6.09 Å². The molecule has 0 unspecified atom stereocenters. The third-order valence-electron chi connectivity index (χ3n) is 1.89. The Labute approximate surface area is 79.2 Å². The highest BCUT2D eigenvalue weighted by Gasteiger charge is 2.25. The van der Waals surface area contributed by atoms with E-state index < -0.39 is 6.09 Å². The fourth-order valence-corrected chi connectivity index (χ4v) is 1.22. The number of aromatic nitrogens is 1. The highest BCUT2D eigenvalue weighted by Crippen LogP contribution is 2.07. The molecule has 0 aliphatic carbocycles. The lowest BCUT2D eigenvalue weighted by atomic mass is 10.1. The zero-order valence-corrected chi connectivity index (χ0v) is 7.23. The van der Waals surface area contributed by atoms with Gasteiger partial charge in [-0.05, 0) is 0 Å². The van der Waals surface area contributed by atoms with E-state index in [-0.39, 0.29) is 30.5 Å². The van der Waals surface area contributed by atoms with Crippen molar-refractivity contribution in [3.63, 3.8) is 0 Å². The van der Waals surface area contributed by atoms with Crippen molar-refractivity contribution in [2.45, 2.75) is 12.5 Å². The molecule has 2 rings (SSSR count). The van der Waals surface area contributed by atoms with E-state index in [4.69, 9.17) is 0 Å². The van der Waals surface area contributed by atoms with Crippen molar-refractivity contribution >= 4 is 11.9 Å². The summed E-state index contributed by atoms with van der Waals surface area (Å²) in [4.78, 5) is 22.1. The SMILES string of the molecule is O=C1N[C@@H](CC(=O)c2ccon2)CO1. The van der Waals surface area contributed by atoms with E-state index in [0.717, 1.165) is 0 Å². The van der Waals surface area contributed by atoms with Gasteiger partial charge in [-0.25, -0.2) is 4.79 Å². The van der Waals surface area contributed by atoms with Crippen molar-refractivity contribution in [1.82, 2.24) is 10.5 Å². The van der Waals surface area contributed by atoms with E-state index in [1.165, 1.54) is 12.3 Å². The molecule has 2 heterocycles. The van der Waals surface area contributed by atoms with Crippen LogP contribution in [0.4, 0.5) is 4.79 Å². The highest BCUT2D eigenvalue weighted by atomic mass is 16.6. The zero-order valence-electron chi connectivity index (χ0n) is 7.23. The molecule has 1 atom stereocenters. The van der Waals surface area contributed by atoms with E-state index >= 15 is 0 Å². The average molecular weight is 196 g/mol. The molecule has 1 aromatic heterocycles. The maximum Gasteiger partial charge on any atom is 0.407 e. The van der Waals surface area contributed by atoms with Crippen molar-refractivity contribution in [3.05, 3.63) is 18.0 Å². The van der Waals surface area contributed by atoms with E-state index in [1.54, 1.807) is 0 Å². The molecule has 1 aliphatic rings. The van der Waals surface area contributed by atoms with E-state index in [1.807, 2.05) is 0 Å². The molecule has 0 radical (unpaired) electrons. The normalized spacial score (nSPS) is 20.3. The summed E-state index contributed by atoms with van der Waals surface area (Å²) in [6, 6.07) is 1.23. The van der Waals surface area contributed by atoms with Crippen molar-refractivity contribution in [1.29, 1.82) is 0 Å². The molecule has 1 aliphatic heterocycles. The van der Waals surface area contributed by atoms with Crippen LogP contribution in [0.5, 0.6) is 0 Å². The molecule has 1 N–H and O–H groups in total. The fraction of sp³-hybridized carbons (Fsp3) is 0.375. The first kappa shape index (κ1) is 8.74. The van der Waals surface area contributed by atoms with Crippen LogP contribution in [0.1, 0.15) is 16.9 Å². The van der Waals surface area contributed by atoms with Gasteiger partial charge in [-0.15, -0.1) is 0 Å². The van der Waals surface area contributed by atoms with Gasteiger partial charge in [-0.1, -0.05) is 5.16 Å². The molecule has 1 saturated heterocycles. The largest absolute Gasteiger partial charge is 0.447 e. The lowest BCUT2D eigenvalue weighted by Crippen LogP contribution is -2.28. The Hall–Kier alpha value is -1.85. The summed E-state index contributed by atoms with van der Waals surface area (Å²) in [6.07, 6.45) is 1.03. The minimum Gasteiger partial charge on any atom is -0.447 e. The molecule has 0 spiro atoms. The number of rotatable bonds is 3. The second-order valence-corrected chi connectivity index (χ2v) is 2.95. The van der Waals surface area contributed by atoms with Crippen LogP contribution >= 0.6 is 0 Å².